The molecule has 1 aromatic carbocycles. The van der Waals surface area contributed by atoms with Crippen molar-refractivity contribution < 1.29 is 17.6 Å². The number of carbonyl (C=O) groups excluding carboxylic acids is 1. The fourth-order valence-electron chi connectivity index (χ4n) is 2.46. The van der Waals surface area contributed by atoms with Crippen molar-refractivity contribution in [1.82, 2.24) is 9.62 Å². The number of benzene rings is 1. The molecule has 1 heterocycles. The van der Waals surface area contributed by atoms with Gasteiger partial charge in [0.1, 0.15) is 5.82 Å². The normalized spacial score (nSPS) is 17.4. The lowest BCUT2D eigenvalue weighted by Gasteiger charge is -2.30. The van der Waals surface area contributed by atoms with E-state index in [1.165, 1.54) is 10.4 Å². The van der Waals surface area contributed by atoms with Crippen LogP contribution in [0.1, 0.15) is 19.8 Å². The summed E-state index contributed by atoms with van der Waals surface area (Å²) in [5.74, 6) is -0.858. The van der Waals surface area contributed by atoms with Crippen LogP contribution in [-0.4, -0.2) is 38.3 Å². The highest BCUT2D eigenvalue weighted by Crippen LogP contribution is 2.26. The van der Waals surface area contributed by atoms with Crippen molar-refractivity contribution >= 4 is 27.5 Å². The van der Waals surface area contributed by atoms with Crippen LogP contribution in [0.2, 0.25) is 5.02 Å². The molecule has 0 unspecified atom stereocenters. The van der Waals surface area contributed by atoms with Gasteiger partial charge >= 0.3 is 0 Å². The third kappa shape index (κ3) is 3.59. The maximum absolute atomic E-state index is 13.2. The van der Waals surface area contributed by atoms with Crippen LogP contribution in [0.3, 0.4) is 0 Å². The minimum atomic E-state index is -3.71. The molecule has 0 aromatic heterocycles. The Balaban J connectivity index is 2.09. The Labute approximate surface area is 134 Å². The summed E-state index contributed by atoms with van der Waals surface area (Å²) in [6.45, 7) is 2.93. The van der Waals surface area contributed by atoms with Gasteiger partial charge in [-0.1, -0.05) is 11.6 Å². The quantitative estimate of drug-likeness (QED) is 0.905. The van der Waals surface area contributed by atoms with Crippen LogP contribution < -0.4 is 5.32 Å². The largest absolute Gasteiger partial charge is 0.356 e. The van der Waals surface area contributed by atoms with E-state index in [4.69, 9.17) is 11.6 Å². The number of rotatable bonds is 4. The van der Waals surface area contributed by atoms with Crippen LogP contribution in [0, 0.1) is 11.7 Å². The van der Waals surface area contributed by atoms with Gasteiger partial charge in [0.05, 0.1) is 9.92 Å². The fraction of sp³-hybridized carbons (Fsp3) is 0.500. The van der Waals surface area contributed by atoms with Crippen molar-refractivity contribution in [2.45, 2.75) is 24.7 Å². The van der Waals surface area contributed by atoms with Gasteiger partial charge in [0.15, 0.2) is 0 Å². The van der Waals surface area contributed by atoms with Gasteiger partial charge < -0.3 is 5.32 Å². The average molecular weight is 349 g/mol. The highest BCUT2D eigenvalue weighted by atomic mass is 35.5. The Morgan fingerprint density at radius 3 is 2.59 bits per heavy atom. The van der Waals surface area contributed by atoms with Gasteiger partial charge in [-0.2, -0.15) is 4.31 Å². The van der Waals surface area contributed by atoms with Gasteiger partial charge in [-0.25, -0.2) is 12.8 Å². The van der Waals surface area contributed by atoms with Crippen molar-refractivity contribution in [1.29, 1.82) is 0 Å². The minimum absolute atomic E-state index is 0.0321. The predicted octanol–water partition coefficient (Wildman–Crippen LogP) is 2.02. The second-order valence-electron chi connectivity index (χ2n) is 5.15. The van der Waals surface area contributed by atoms with E-state index in [0.29, 0.717) is 19.4 Å². The fourth-order valence-corrected chi connectivity index (χ4v) is 4.21. The molecule has 1 saturated heterocycles. The van der Waals surface area contributed by atoms with Crippen LogP contribution in [0.25, 0.3) is 0 Å². The molecule has 2 rings (SSSR count). The van der Waals surface area contributed by atoms with Crippen molar-refractivity contribution in [3.8, 4) is 0 Å². The summed E-state index contributed by atoms with van der Waals surface area (Å²) in [4.78, 5) is 11.7. The van der Waals surface area contributed by atoms with Gasteiger partial charge in [-0.15, -0.1) is 0 Å². The van der Waals surface area contributed by atoms with E-state index >= 15 is 0 Å². The lowest BCUT2D eigenvalue weighted by Crippen LogP contribution is -2.42. The predicted molar refractivity (Wildman–Crippen MR) is 81.6 cm³/mol. The smallest absolute Gasteiger partial charge is 0.243 e. The van der Waals surface area contributed by atoms with Crippen LogP contribution in [0.5, 0.6) is 0 Å². The van der Waals surface area contributed by atoms with Gasteiger partial charge in [0.25, 0.3) is 0 Å². The van der Waals surface area contributed by atoms with Crippen molar-refractivity contribution in [2.24, 2.45) is 5.92 Å². The zero-order valence-electron chi connectivity index (χ0n) is 12.2. The molecule has 0 saturated carbocycles. The molecule has 22 heavy (non-hydrogen) atoms. The first kappa shape index (κ1) is 17.2. The summed E-state index contributed by atoms with van der Waals surface area (Å²) in [6.07, 6.45) is 0.944. The Kier molecular flexibility index (Phi) is 5.41. The highest BCUT2D eigenvalue weighted by molar-refractivity contribution is 7.89. The zero-order valence-corrected chi connectivity index (χ0v) is 13.8. The topological polar surface area (TPSA) is 66.5 Å². The number of piperidine rings is 1. The molecule has 0 radical (unpaired) electrons. The molecule has 0 bridgehead atoms. The van der Waals surface area contributed by atoms with E-state index in [-0.39, 0.29) is 34.8 Å². The summed E-state index contributed by atoms with van der Waals surface area (Å²) in [5.41, 5.74) is 0. The molecule has 1 aliphatic rings. The number of nitrogens with zero attached hydrogens (tertiary/aromatic N) is 1. The summed E-state index contributed by atoms with van der Waals surface area (Å²) < 4.78 is 39.5. The van der Waals surface area contributed by atoms with Crippen molar-refractivity contribution in [3.05, 3.63) is 29.0 Å². The van der Waals surface area contributed by atoms with E-state index in [1.807, 2.05) is 6.92 Å². The van der Waals surface area contributed by atoms with E-state index in [9.17, 15) is 17.6 Å². The van der Waals surface area contributed by atoms with Crippen LogP contribution in [-0.2, 0) is 14.8 Å². The lowest BCUT2D eigenvalue weighted by atomic mass is 9.97. The summed E-state index contributed by atoms with van der Waals surface area (Å²) in [6, 6.07) is 3.35. The van der Waals surface area contributed by atoms with Gasteiger partial charge in [-0.05, 0) is 38.0 Å². The molecule has 1 aliphatic heterocycles. The van der Waals surface area contributed by atoms with Gasteiger partial charge in [-0.3, -0.25) is 4.79 Å². The van der Waals surface area contributed by atoms with Crippen molar-refractivity contribution in [2.75, 3.05) is 19.6 Å². The maximum atomic E-state index is 13.2. The van der Waals surface area contributed by atoms with Crippen LogP contribution >= 0.6 is 11.6 Å². The Morgan fingerprint density at radius 1 is 1.41 bits per heavy atom. The number of amides is 1. The van der Waals surface area contributed by atoms with Gasteiger partial charge in [0, 0.05) is 25.6 Å². The standard InChI is InChI=1S/C14H18ClFN2O3S/c1-2-17-14(19)10-5-7-18(8-6-10)22(20,21)11-3-4-13(16)12(15)9-11/h3-4,9-10H,2,5-8H2,1H3,(H,17,19). The molecule has 5 nitrogen and oxygen atoms in total. The molecular formula is C14H18ClFN2O3S. The minimum Gasteiger partial charge on any atom is -0.356 e. The Hall–Kier alpha value is -1.18. The third-order valence-corrected chi connectivity index (χ3v) is 5.89. The molecular weight excluding hydrogens is 331 g/mol. The highest BCUT2D eigenvalue weighted by Gasteiger charge is 2.32. The van der Waals surface area contributed by atoms with E-state index in [0.717, 1.165) is 12.1 Å². The number of sulfonamides is 1. The average Bonchev–Trinajstić information content (AvgIpc) is 2.50. The van der Waals surface area contributed by atoms with E-state index < -0.39 is 15.8 Å². The third-order valence-electron chi connectivity index (χ3n) is 3.70. The molecule has 122 valence electrons. The van der Waals surface area contributed by atoms with Crippen LogP contribution in [0.15, 0.2) is 23.1 Å². The van der Waals surface area contributed by atoms with E-state index in [2.05, 4.69) is 5.32 Å². The summed E-state index contributed by atoms with van der Waals surface area (Å²) >= 11 is 5.65. The SMILES string of the molecule is CCNC(=O)C1CCN(S(=O)(=O)c2ccc(F)c(Cl)c2)CC1. The Morgan fingerprint density at radius 2 is 2.05 bits per heavy atom. The molecule has 0 atom stereocenters. The maximum Gasteiger partial charge on any atom is 0.243 e. The molecule has 1 aromatic rings. The summed E-state index contributed by atoms with van der Waals surface area (Å²) in [5, 5.41) is 2.52. The number of carbonyl (C=O) groups is 1. The number of halogens is 2. The van der Waals surface area contributed by atoms with Gasteiger partial charge in [0.2, 0.25) is 15.9 Å². The van der Waals surface area contributed by atoms with Crippen molar-refractivity contribution in [3.63, 3.8) is 0 Å². The molecule has 1 amide bonds. The molecule has 0 aliphatic carbocycles. The first-order valence-corrected chi connectivity index (χ1v) is 8.91. The monoisotopic (exact) mass is 348 g/mol. The lowest BCUT2D eigenvalue weighted by molar-refractivity contribution is -0.126. The molecule has 1 N–H and O–H groups in total. The first-order chi connectivity index (χ1) is 10.4. The zero-order chi connectivity index (χ0) is 16.3. The molecule has 0 spiro atoms. The number of nitrogens with one attached hydrogen (secondary N) is 1. The Bertz CT molecular complexity index is 658. The first-order valence-electron chi connectivity index (χ1n) is 7.09. The summed E-state index contributed by atoms with van der Waals surface area (Å²) in [7, 11) is -3.71. The van der Waals surface area contributed by atoms with E-state index in [1.54, 1.807) is 0 Å². The second-order valence-corrected chi connectivity index (χ2v) is 7.49. The second kappa shape index (κ2) is 6.93. The van der Waals surface area contributed by atoms with Crippen LogP contribution in [0.4, 0.5) is 4.39 Å². The molecule has 1 fully saturated rings. The number of hydrogen-bond acceptors (Lipinski definition) is 3. The number of hydrogen-bond donors (Lipinski definition) is 1. The molecule has 8 heteroatoms.